The molecule has 0 unspecified atom stereocenters. The van der Waals surface area contributed by atoms with E-state index in [-0.39, 0.29) is 5.15 Å². The number of esters is 1. The molecule has 0 spiro atoms. The van der Waals surface area contributed by atoms with Crippen molar-refractivity contribution in [3.05, 3.63) is 23.0 Å². The maximum Gasteiger partial charge on any atom is 0.573 e. The minimum absolute atomic E-state index is 0.230. The van der Waals surface area contributed by atoms with Crippen molar-refractivity contribution in [1.29, 1.82) is 0 Å². The van der Waals surface area contributed by atoms with Crippen molar-refractivity contribution in [2.75, 3.05) is 7.11 Å². The standard InChI is InChI=1S/C8H5ClF3NO3/c1-15-7(14)4-3-13-6(9)2-5(4)16-8(10,11)12/h2-3H,1H3. The first-order chi connectivity index (χ1) is 7.33. The van der Waals surface area contributed by atoms with Gasteiger partial charge in [-0.1, -0.05) is 11.6 Å². The van der Waals surface area contributed by atoms with E-state index in [1.165, 1.54) is 0 Å². The summed E-state index contributed by atoms with van der Waals surface area (Å²) in [6.45, 7) is 0. The van der Waals surface area contributed by atoms with E-state index in [0.717, 1.165) is 19.4 Å². The highest BCUT2D eigenvalue weighted by molar-refractivity contribution is 6.29. The molecule has 0 atom stereocenters. The number of carbonyl (C=O) groups excluding carboxylic acids is 1. The third kappa shape index (κ3) is 3.27. The number of nitrogens with zero attached hydrogens (tertiary/aromatic N) is 1. The largest absolute Gasteiger partial charge is 0.573 e. The van der Waals surface area contributed by atoms with Gasteiger partial charge in [0.25, 0.3) is 0 Å². The zero-order valence-electron chi connectivity index (χ0n) is 7.84. The van der Waals surface area contributed by atoms with E-state index >= 15 is 0 Å². The van der Waals surface area contributed by atoms with Crippen molar-refractivity contribution >= 4 is 17.6 Å². The molecular formula is C8H5ClF3NO3. The zero-order chi connectivity index (χ0) is 12.3. The summed E-state index contributed by atoms with van der Waals surface area (Å²) in [7, 11) is 1.02. The third-order valence-corrected chi connectivity index (χ3v) is 1.67. The molecule has 1 aromatic heterocycles. The summed E-state index contributed by atoms with van der Waals surface area (Å²) in [5.41, 5.74) is -0.454. The van der Waals surface area contributed by atoms with Crippen LogP contribution in [0.4, 0.5) is 13.2 Å². The van der Waals surface area contributed by atoms with Gasteiger partial charge in [-0.05, 0) is 0 Å². The second kappa shape index (κ2) is 4.56. The van der Waals surface area contributed by atoms with Crippen molar-refractivity contribution < 1.29 is 27.4 Å². The lowest BCUT2D eigenvalue weighted by Gasteiger charge is -2.11. The summed E-state index contributed by atoms with van der Waals surface area (Å²) in [6.07, 6.45) is -4.08. The van der Waals surface area contributed by atoms with Gasteiger partial charge in [0.1, 0.15) is 16.5 Å². The molecule has 0 fully saturated rings. The Hall–Kier alpha value is -1.50. The van der Waals surface area contributed by atoms with Gasteiger partial charge < -0.3 is 9.47 Å². The van der Waals surface area contributed by atoms with Gasteiger partial charge in [0, 0.05) is 12.3 Å². The summed E-state index contributed by atoms with van der Waals surface area (Å²) in [5, 5.41) is -0.230. The van der Waals surface area contributed by atoms with E-state index in [1.54, 1.807) is 0 Å². The number of hydrogen-bond acceptors (Lipinski definition) is 4. The normalized spacial score (nSPS) is 11.1. The second-order valence-corrected chi connectivity index (χ2v) is 2.93. The fourth-order valence-electron chi connectivity index (χ4n) is 0.885. The molecule has 0 saturated heterocycles. The molecule has 1 heterocycles. The molecule has 0 radical (unpaired) electrons. The molecule has 0 bridgehead atoms. The van der Waals surface area contributed by atoms with Crippen molar-refractivity contribution in [1.82, 2.24) is 4.98 Å². The van der Waals surface area contributed by atoms with E-state index in [4.69, 9.17) is 11.6 Å². The molecule has 16 heavy (non-hydrogen) atoms. The van der Waals surface area contributed by atoms with Gasteiger partial charge in [0.15, 0.2) is 0 Å². The summed E-state index contributed by atoms with van der Waals surface area (Å²) in [5.74, 6) is -1.75. The average Bonchev–Trinajstić information content (AvgIpc) is 2.14. The van der Waals surface area contributed by atoms with Crippen molar-refractivity contribution in [2.24, 2.45) is 0 Å². The molecule has 0 aliphatic rings. The Labute approximate surface area is 92.9 Å². The lowest BCUT2D eigenvalue weighted by atomic mass is 10.2. The number of pyridine rings is 1. The van der Waals surface area contributed by atoms with E-state index in [9.17, 15) is 18.0 Å². The van der Waals surface area contributed by atoms with Gasteiger partial charge in [0.2, 0.25) is 0 Å². The number of hydrogen-bond donors (Lipinski definition) is 0. The van der Waals surface area contributed by atoms with Crippen LogP contribution in [0, 0.1) is 0 Å². The van der Waals surface area contributed by atoms with Crippen LogP contribution in [-0.4, -0.2) is 24.4 Å². The SMILES string of the molecule is COC(=O)c1cnc(Cl)cc1OC(F)(F)F. The van der Waals surface area contributed by atoms with Crippen LogP contribution in [-0.2, 0) is 4.74 Å². The molecule has 0 aliphatic carbocycles. The fraction of sp³-hybridized carbons (Fsp3) is 0.250. The number of alkyl halides is 3. The van der Waals surface area contributed by atoms with Gasteiger partial charge in [0.05, 0.1) is 7.11 Å². The maximum absolute atomic E-state index is 12.0. The molecule has 1 aromatic rings. The highest BCUT2D eigenvalue weighted by Crippen LogP contribution is 2.28. The molecule has 88 valence electrons. The van der Waals surface area contributed by atoms with Crippen LogP contribution in [0.25, 0.3) is 0 Å². The molecule has 0 saturated carbocycles. The summed E-state index contributed by atoms with van der Waals surface area (Å²) in [6, 6.07) is 0.779. The molecule has 0 aromatic carbocycles. The minimum atomic E-state index is -4.92. The number of halogens is 4. The highest BCUT2D eigenvalue weighted by Gasteiger charge is 2.33. The van der Waals surface area contributed by atoms with E-state index in [1.807, 2.05) is 0 Å². The first-order valence-electron chi connectivity index (χ1n) is 3.83. The first kappa shape index (κ1) is 12.6. The van der Waals surface area contributed by atoms with Crippen LogP contribution in [0.3, 0.4) is 0 Å². The molecule has 8 heteroatoms. The predicted octanol–water partition coefficient (Wildman–Crippen LogP) is 2.42. The fourth-order valence-corrected chi connectivity index (χ4v) is 1.03. The Morgan fingerprint density at radius 1 is 1.50 bits per heavy atom. The molecule has 1 rings (SSSR count). The predicted molar refractivity (Wildman–Crippen MR) is 47.3 cm³/mol. The molecular weight excluding hydrogens is 251 g/mol. The summed E-state index contributed by atoms with van der Waals surface area (Å²) in [4.78, 5) is 14.5. The minimum Gasteiger partial charge on any atom is -0.465 e. The lowest BCUT2D eigenvalue weighted by molar-refractivity contribution is -0.274. The van der Waals surface area contributed by atoms with Crippen LogP contribution in [0.1, 0.15) is 10.4 Å². The summed E-state index contributed by atoms with van der Waals surface area (Å²) >= 11 is 5.38. The number of carbonyl (C=O) groups is 1. The van der Waals surface area contributed by atoms with Gasteiger partial charge >= 0.3 is 12.3 Å². The quantitative estimate of drug-likeness (QED) is 0.601. The first-order valence-corrected chi connectivity index (χ1v) is 4.21. The van der Waals surface area contributed by atoms with Crippen molar-refractivity contribution in [2.45, 2.75) is 6.36 Å². The van der Waals surface area contributed by atoms with Crippen LogP contribution in [0.2, 0.25) is 5.15 Å². The third-order valence-electron chi connectivity index (χ3n) is 1.46. The van der Waals surface area contributed by atoms with Crippen molar-refractivity contribution in [3.63, 3.8) is 0 Å². The highest BCUT2D eigenvalue weighted by atomic mass is 35.5. The Morgan fingerprint density at radius 2 is 2.12 bits per heavy atom. The Kier molecular flexibility index (Phi) is 3.58. The molecule has 0 aliphatic heterocycles. The van der Waals surface area contributed by atoms with Gasteiger partial charge in [-0.15, -0.1) is 13.2 Å². The number of rotatable bonds is 2. The molecule has 0 amide bonds. The topological polar surface area (TPSA) is 48.4 Å². The van der Waals surface area contributed by atoms with Crippen LogP contribution in [0.15, 0.2) is 12.3 Å². The van der Waals surface area contributed by atoms with Gasteiger partial charge in [-0.2, -0.15) is 0 Å². The monoisotopic (exact) mass is 255 g/mol. The summed E-state index contributed by atoms with van der Waals surface area (Å²) < 4.78 is 43.8. The zero-order valence-corrected chi connectivity index (χ0v) is 8.59. The Bertz CT molecular complexity index is 408. The molecule has 4 nitrogen and oxygen atoms in total. The lowest BCUT2D eigenvalue weighted by Crippen LogP contribution is -2.19. The smallest absolute Gasteiger partial charge is 0.465 e. The van der Waals surface area contributed by atoms with Gasteiger partial charge in [-0.3, -0.25) is 0 Å². The van der Waals surface area contributed by atoms with E-state index in [2.05, 4.69) is 14.5 Å². The molecule has 0 N–H and O–H groups in total. The van der Waals surface area contributed by atoms with Crippen LogP contribution < -0.4 is 4.74 Å². The van der Waals surface area contributed by atoms with E-state index < -0.39 is 23.6 Å². The van der Waals surface area contributed by atoms with Gasteiger partial charge in [-0.25, -0.2) is 9.78 Å². The average molecular weight is 256 g/mol. The Balaban J connectivity index is 3.13. The number of methoxy groups -OCH3 is 1. The van der Waals surface area contributed by atoms with Crippen molar-refractivity contribution in [3.8, 4) is 5.75 Å². The maximum atomic E-state index is 12.0. The van der Waals surface area contributed by atoms with Crippen LogP contribution >= 0.6 is 11.6 Å². The number of aromatic nitrogens is 1. The second-order valence-electron chi connectivity index (χ2n) is 2.54. The Morgan fingerprint density at radius 3 is 2.62 bits per heavy atom. The van der Waals surface area contributed by atoms with Crippen LogP contribution in [0.5, 0.6) is 5.75 Å². The number of ether oxygens (including phenoxy) is 2. The van der Waals surface area contributed by atoms with E-state index in [0.29, 0.717) is 0 Å².